The molecule has 0 amide bonds. The van der Waals surface area contributed by atoms with E-state index in [1.54, 1.807) is 0 Å². The summed E-state index contributed by atoms with van der Waals surface area (Å²) in [6.45, 7) is 0. The highest BCUT2D eigenvalue weighted by atomic mass is 15.0. The van der Waals surface area contributed by atoms with E-state index in [0.717, 1.165) is 77.2 Å². The highest BCUT2D eigenvalue weighted by molar-refractivity contribution is 6.11. The van der Waals surface area contributed by atoms with Crippen molar-refractivity contribution in [1.29, 1.82) is 15.8 Å². The van der Waals surface area contributed by atoms with Gasteiger partial charge in [0.2, 0.25) is 0 Å². The summed E-state index contributed by atoms with van der Waals surface area (Å²) < 4.78 is 4.45. The Kier molecular flexibility index (Phi) is 6.56. The number of benzene rings is 7. The predicted molar refractivity (Wildman–Crippen MR) is 200 cm³/mol. The monoisotopic (exact) mass is 635 g/mol. The molecular formula is C45H25N5. The van der Waals surface area contributed by atoms with E-state index in [1.807, 2.05) is 84.9 Å². The molecule has 9 aromatic rings. The van der Waals surface area contributed by atoms with E-state index in [1.165, 1.54) is 0 Å². The van der Waals surface area contributed by atoms with Crippen molar-refractivity contribution in [3.8, 4) is 51.8 Å². The Labute approximate surface area is 287 Å². The van der Waals surface area contributed by atoms with Crippen LogP contribution in [-0.2, 0) is 0 Å². The number of hydrogen-bond acceptors (Lipinski definition) is 3. The number of para-hydroxylation sites is 3. The fourth-order valence-electron chi connectivity index (χ4n) is 7.47. The van der Waals surface area contributed by atoms with E-state index in [-0.39, 0.29) is 0 Å². The molecule has 2 heterocycles. The van der Waals surface area contributed by atoms with Gasteiger partial charge in [-0.1, -0.05) is 84.9 Å². The molecule has 7 aromatic carbocycles. The van der Waals surface area contributed by atoms with Gasteiger partial charge in [-0.15, -0.1) is 0 Å². The molecule has 0 bridgehead atoms. The molecule has 0 unspecified atom stereocenters. The molecule has 0 atom stereocenters. The number of aromatic nitrogens is 2. The summed E-state index contributed by atoms with van der Waals surface area (Å²) >= 11 is 0. The van der Waals surface area contributed by atoms with Gasteiger partial charge in [-0.25, -0.2) is 0 Å². The van der Waals surface area contributed by atoms with E-state index in [4.69, 9.17) is 0 Å². The Morgan fingerprint density at radius 1 is 0.400 bits per heavy atom. The Hall–Kier alpha value is -7.39. The van der Waals surface area contributed by atoms with Gasteiger partial charge in [-0.2, -0.15) is 15.8 Å². The van der Waals surface area contributed by atoms with Gasteiger partial charge >= 0.3 is 0 Å². The molecule has 0 aliphatic carbocycles. The van der Waals surface area contributed by atoms with Crippen molar-refractivity contribution in [3.05, 3.63) is 168 Å². The Balaban J connectivity index is 1.24. The first kappa shape index (κ1) is 28.8. The molecule has 5 nitrogen and oxygen atoms in total. The minimum absolute atomic E-state index is 0.585. The summed E-state index contributed by atoms with van der Waals surface area (Å²) in [5.74, 6) is 0. The third-order valence-corrected chi connectivity index (χ3v) is 9.64. The van der Waals surface area contributed by atoms with E-state index in [2.05, 4.69) is 94.1 Å². The maximum atomic E-state index is 10.4. The van der Waals surface area contributed by atoms with E-state index in [9.17, 15) is 15.8 Å². The standard InChI is InChI=1S/C45H25N5/c46-26-29-17-23-43-39(24-29)36-11-3-6-15-42(36)50(43)41-14-5-2-10-35(41)38-12-7-8-32(28-48)45(38)31-18-20-33(21-19-31)49-40-13-4-1-9-34(40)37-22-16-30(27-47)25-44(37)49/h1-25H. The summed E-state index contributed by atoms with van der Waals surface area (Å²) in [6.07, 6.45) is 0. The normalized spacial score (nSPS) is 11.1. The second-order valence-electron chi connectivity index (χ2n) is 12.3. The van der Waals surface area contributed by atoms with Gasteiger partial charge in [0, 0.05) is 38.4 Å². The van der Waals surface area contributed by atoms with E-state index in [0.29, 0.717) is 16.7 Å². The number of nitrogens with zero attached hydrogens (tertiary/aromatic N) is 5. The van der Waals surface area contributed by atoms with Crippen LogP contribution in [0.3, 0.4) is 0 Å². The van der Waals surface area contributed by atoms with Crippen LogP contribution in [-0.4, -0.2) is 9.13 Å². The molecular weight excluding hydrogens is 611 g/mol. The van der Waals surface area contributed by atoms with Crippen LogP contribution in [0.2, 0.25) is 0 Å². The van der Waals surface area contributed by atoms with Crippen molar-refractivity contribution < 1.29 is 0 Å². The maximum Gasteiger partial charge on any atom is 0.0998 e. The summed E-state index contributed by atoms with van der Waals surface area (Å²) in [4.78, 5) is 0. The molecule has 9 rings (SSSR count). The van der Waals surface area contributed by atoms with Gasteiger partial charge in [-0.05, 0) is 77.9 Å². The summed E-state index contributed by atoms with van der Waals surface area (Å²) in [6, 6.07) is 57.8. The highest BCUT2D eigenvalue weighted by Crippen LogP contribution is 2.41. The molecule has 230 valence electrons. The first-order valence-corrected chi connectivity index (χ1v) is 16.3. The third-order valence-electron chi connectivity index (χ3n) is 9.64. The lowest BCUT2D eigenvalue weighted by atomic mass is 9.90. The summed E-state index contributed by atoms with van der Waals surface area (Å²) in [5.41, 5.74) is 11.6. The van der Waals surface area contributed by atoms with Crippen molar-refractivity contribution in [2.75, 3.05) is 0 Å². The molecule has 0 N–H and O–H groups in total. The van der Waals surface area contributed by atoms with Crippen LogP contribution in [0.25, 0.3) is 77.2 Å². The second-order valence-corrected chi connectivity index (χ2v) is 12.3. The topological polar surface area (TPSA) is 81.2 Å². The SMILES string of the molecule is N#Cc1ccc2c(c1)c1ccccc1n2-c1ccccc1-c1cccc(C#N)c1-c1ccc(-n2c3ccccc3c3ccc(C#N)cc32)cc1. The fraction of sp³-hybridized carbons (Fsp3) is 0. The van der Waals surface area contributed by atoms with E-state index < -0.39 is 0 Å². The largest absolute Gasteiger partial charge is 0.309 e. The zero-order valence-electron chi connectivity index (χ0n) is 26.7. The molecule has 0 saturated heterocycles. The van der Waals surface area contributed by atoms with Crippen LogP contribution in [0.15, 0.2) is 152 Å². The lowest BCUT2D eigenvalue weighted by molar-refractivity contribution is 1.18. The molecule has 0 aliphatic rings. The minimum Gasteiger partial charge on any atom is -0.309 e. The highest BCUT2D eigenvalue weighted by Gasteiger charge is 2.20. The lowest BCUT2D eigenvalue weighted by Crippen LogP contribution is -1.99. The van der Waals surface area contributed by atoms with Gasteiger partial charge in [0.05, 0.1) is 62.7 Å². The van der Waals surface area contributed by atoms with Gasteiger partial charge < -0.3 is 9.13 Å². The van der Waals surface area contributed by atoms with Crippen LogP contribution in [0.1, 0.15) is 16.7 Å². The van der Waals surface area contributed by atoms with Crippen molar-refractivity contribution >= 4 is 43.6 Å². The number of fused-ring (bicyclic) bond motifs is 6. The second kappa shape index (κ2) is 11.4. The average Bonchev–Trinajstić information content (AvgIpc) is 3.69. The van der Waals surface area contributed by atoms with Gasteiger partial charge in [0.25, 0.3) is 0 Å². The van der Waals surface area contributed by atoms with Crippen LogP contribution in [0, 0.1) is 34.0 Å². The first-order chi connectivity index (χ1) is 24.7. The van der Waals surface area contributed by atoms with Crippen molar-refractivity contribution in [3.63, 3.8) is 0 Å². The van der Waals surface area contributed by atoms with Crippen LogP contribution >= 0.6 is 0 Å². The summed E-state index contributed by atoms with van der Waals surface area (Å²) in [5, 5.41) is 34.1. The van der Waals surface area contributed by atoms with Crippen molar-refractivity contribution in [2.24, 2.45) is 0 Å². The van der Waals surface area contributed by atoms with Gasteiger partial charge in [0.15, 0.2) is 0 Å². The van der Waals surface area contributed by atoms with Crippen LogP contribution < -0.4 is 0 Å². The summed E-state index contributed by atoms with van der Waals surface area (Å²) in [7, 11) is 0. The molecule has 0 spiro atoms. The Morgan fingerprint density at radius 3 is 1.76 bits per heavy atom. The number of hydrogen-bond donors (Lipinski definition) is 0. The maximum absolute atomic E-state index is 10.4. The molecule has 0 fully saturated rings. The molecule has 50 heavy (non-hydrogen) atoms. The fourth-order valence-corrected chi connectivity index (χ4v) is 7.47. The quantitative estimate of drug-likeness (QED) is 0.193. The number of nitriles is 3. The lowest BCUT2D eigenvalue weighted by Gasteiger charge is -2.18. The zero-order valence-corrected chi connectivity index (χ0v) is 26.7. The van der Waals surface area contributed by atoms with Crippen LogP contribution in [0.5, 0.6) is 0 Å². The molecule has 0 aliphatic heterocycles. The Bertz CT molecular complexity index is 2960. The average molecular weight is 636 g/mol. The predicted octanol–water partition coefficient (Wildman–Crippen LogP) is 10.8. The molecule has 5 heteroatoms. The van der Waals surface area contributed by atoms with E-state index >= 15 is 0 Å². The third kappa shape index (κ3) is 4.31. The minimum atomic E-state index is 0.585. The first-order valence-electron chi connectivity index (χ1n) is 16.3. The van der Waals surface area contributed by atoms with Crippen molar-refractivity contribution in [2.45, 2.75) is 0 Å². The zero-order chi connectivity index (χ0) is 33.8. The van der Waals surface area contributed by atoms with Crippen LogP contribution in [0.4, 0.5) is 0 Å². The van der Waals surface area contributed by atoms with Gasteiger partial charge in [0.1, 0.15) is 0 Å². The number of rotatable bonds is 4. The van der Waals surface area contributed by atoms with Gasteiger partial charge in [-0.3, -0.25) is 0 Å². The molecule has 0 radical (unpaired) electrons. The Morgan fingerprint density at radius 2 is 1.00 bits per heavy atom. The smallest absolute Gasteiger partial charge is 0.0998 e. The molecule has 0 saturated carbocycles. The molecule has 2 aromatic heterocycles. The van der Waals surface area contributed by atoms with Crippen molar-refractivity contribution in [1.82, 2.24) is 9.13 Å².